The van der Waals surface area contributed by atoms with Crippen molar-refractivity contribution in [3.63, 3.8) is 0 Å². The van der Waals surface area contributed by atoms with Crippen LogP contribution in [0, 0.1) is 6.04 Å². The SMILES string of the molecule is O=C(COc1ccccc1)N[C](c1ccccc1)c1ccccc1. The van der Waals surface area contributed by atoms with E-state index in [1.54, 1.807) is 0 Å². The number of nitrogens with one attached hydrogen (secondary N) is 1. The fourth-order valence-corrected chi connectivity index (χ4v) is 2.36. The summed E-state index contributed by atoms with van der Waals surface area (Å²) in [6.07, 6.45) is 0. The van der Waals surface area contributed by atoms with Gasteiger partial charge in [-0.15, -0.1) is 0 Å². The summed E-state index contributed by atoms with van der Waals surface area (Å²) < 4.78 is 5.52. The Hall–Kier alpha value is -3.07. The van der Waals surface area contributed by atoms with E-state index in [4.69, 9.17) is 4.74 Å². The van der Waals surface area contributed by atoms with Crippen LogP contribution < -0.4 is 10.1 Å². The summed E-state index contributed by atoms with van der Waals surface area (Å²) in [6, 6.07) is 29.7. The minimum Gasteiger partial charge on any atom is -0.484 e. The second kappa shape index (κ2) is 7.97. The van der Waals surface area contributed by atoms with Gasteiger partial charge in [0.05, 0.1) is 0 Å². The Kier molecular flexibility index (Phi) is 5.25. The van der Waals surface area contributed by atoms with Gasteiger partial charge in [-0.1, -0.05) is 78.9 Å². The highest BCUT2D eigenvalue weighted by atomic mass is 16.5. The van der Waals surface area contributed by atoms with Crippen molar-refractivity contribution in [2.75, 3.05) is 6.61 Å². The molecule has 3 aromatic carbocycles. The van der Waals surface area contributed by atoms with Gasteiger partial charge in [-0.05, 0) is 23.3 Å². The molecule has 0 unspecified atom stereocenters. The van der Waals surface area contributed by atoms with Crippen molar-refractivity contribution < 1.29 is 9.53 Å². The number of rotatable bonds is 6. The molecule has 24 heavy (non-hydrogen) atoms. The predicted octanol–water partition coefficient (Wildman–Crippen LogP) is 3.81. The lowest BCUT2D eigenvalue weighted by molar-refractivity contribution is -0.122. The predicted molar refractivity (Wildman–Crippen MR) is 94.4 cm³/mol. The molecule has 0 atom stereocenters. The number of hydrogen-bond acceptors (Lipinski definition) is 2. The largest absolute Gasteiger partial charge is 0.484 e. The zero-order valence-electron chi connectivity index (χ0n) is 13.2. The number of para-hydroxylation sites is 1. The number of carbonyl (C=O) groups excluding carboxylic acids is 1. The summed E-state index contributed by atoms with van der Waals surface area (Å²) >= 11 is 0. The van der Waals surface area contributed by atoms with E-state index in [-0.39, 0.29) is 12.5 Å². The Morgan fingerprint density at radius 1 is 0.708 bits per heavy atom. The molecule has 3 aromatic rings. The molecular weight excluding hydrogens is 298 g/mol. The van der Waals surface area contributed by atoms with Gasteiger partial charge in [0.15, 0.2) is 6.61 Å². The number of carbonyl (C=O) groups is 1. The molecule has 0 saturated heterocycles. The van der Waals surface area contributed by atoms with E-state index < -0.39 is 0 Å². The van der Waals surface area contributed by atoms with E-state index in [9.17, 15) is 4.79 Å². The van der Waals surface area contributed by atoms with Crippen molar-refractivity contribution in [2.24, 2.45) is 0 Å². The van der Waals surface area contributed by atoms with Gasteiger partial charge in [0.2, 0.25) is 0 Å². The lowest BCUT2D eigenvalue weighted by Gasteiger charge is -2.18. The van der Waals surface area contributed by atoms with Crippen LogP contribution in [-0.2, 0) is 4.79 Å². The van der Waals surface area contributed by atoms with Gasteiger partial charge in [-0.2, -0.15) is 0 Å². The summed E-state index contributed by atoms with van der Waals surface area (Å²) in [4.78, 5) is 12.3. The molecule has 0 aliphatic carbocycles. The zero-order valence-corrected chi connectivity index (χ0v) is 13.2. The summed E-state index contributed by atoms with van der Waals surface area (Å²) in [7, 11) is 0. The molecule has 0 saturated carbocycles. The Bertz CT molecular complexity index is 718. The highest BCUT2D eigenvalue weighted by Crippen LogP contribution is 2.20. The van der Waals surface area contributed by atoms with Gasteiger partial charge in [0.1, 0.15) is 11.8 Å². The standard InChI is InChI=1S/C21H18NO2/c23-20(16-24-19-14-8-3-9-15-19)22-21(17-10-4-1-5-11-17)18-12-6-2-7-13-18/h1-15H,16H2,(H,22,23). The third kappa shape index (κ3) is 4.23. The van der Waals surface area contributed by atoms with E-state index in [2.05, 4.69) is 5.32 Å². The topological polar surface area (TPSA) is 38.3 Å². The monoisotopic (exact) mass is 316 g/mol. The first-order chi connectivity index (χ1) is 11.8. The lowest BCUT2D eigenvalue weighted by Crippen LogP contribution is -2.33. The van der Waals surface area contributed by atoms with Crippen molar-refractivity contribution in [3.05, 3.63) is 108 Å². The van der Waals surface area contributed by atoms with Crippen LogP contribution in [-0.4, -0.2) is 12.5 Å². The Morgan fingerprint density at radius 2 is 1.17 bits per heavy atom. The molecule has 0 heterocycles. The number of amides is 1. The van der Waals surface area contributed by atoms with Gasteiger partial charge in [-0.3, -0.25) is 4.79 Å². The fraction of sp³-hybridized carbons (Fsp3) is 0.0476. The minimum atomic E-state index is -0.193. The second-order valence-electron chi connectivity index (χ2n) is 5.26. The van der Waals surface area contributed by atoms with E-state index in [1.807, 2.05) is 91.0 Å². The maximum Gasteiger partial charge on any atom is 0.258 e. The maximum atomic E-state index is 12.3. The van der Waals surface area contributed by atoms with Crippen molar-refractivity contribution in [2.45, 2.75) is 0 Å². The van der Waals surface area contributed by atoms with Crippen LogP contribution in [0.5, 0.6) is 5.75 Å². The Morgan fingerprint density at radius 3 is 1.67 bits per heavy atom. The smallest absolute Gasteiger partial charge is 0.258 e. The third-order valence-electron chi connectivity index (χ3n) is 3.50. The molecule has 0 aliphatic heterocycles. The molecule has 0 bridgehead atoms. The molecule has 0 aromatic heterocycles. The lowest BCUT2D eigenvalue weighted by atomic mass is 9.99. The van der Waals surface area contributed by atoms with Gasteiger partial charge < -0.3 is 10.1 Å². The molecule has 3 nitrogen and oxygen atoms in total. The average molecular weight is 316 g/mol. The summed E-state index contributed by atoms with van der Waals surface area (Å²) in [5.41, 5.74) is 1.91. The highest BCUT2D eigenvalue weighted by Gasteiger charge is 2.18. The third-order valence-corrected chi connectivity index (χ3v) is 3.50. The van der Waals surface area contributed by atoms with Crippen LogP contribution in [0.3, 0.4) is 0 Å². The number of hydrogen-bond donors (Lipinski definition) is 1. The number of benzene rings is 3. The first kappa shape index (κ1) is 15.8. The summed E-state index contributed by atoms with van der Waals surface area (Å²) in [5.74, 6) is 0.482. The first-order valence-corrected chi connectivity index (χ1v) is 7.78. The summed E-state index contributed by atoms with van der Waals surface area (Å²) in [6.45, 7) is -0.0345. The normalized spacial score (nSPS) is 10.4. The van der Waals surface area contributed by atoms with Crippen LogP contribution in [0.15, 0.2) is 91.0 Å². The van der Waals surface area contributed by atoms with Gasteiger partial charge in [0, 0.05) is 0 Å². The van der Waals surface area contributed by atoms with Crippen molar-refractivity contribution in [1.82, 2.24) is 5.32 Å². The molecule has 3 rings (SSSR count). The molecule has 1 amide bonds. The zero-order chi connectivity index (χ0) is 16.6. The van der Waals surface area contributed by atoms with Gasteiger partial charge in [0.25, 0.3) is 5.91 Å². The molecule has 119 valence electrons. The van der Waals surface area contributed by atoms with Gasteiger partial charge >= 0.3 is 0 Å². The van der Waals surface area contributed by atoms with E-state index in [0.717, 1.165) is 17.2 Å². The van der Waals surface area contributed by atoms with Crippen LogP contribution in [0.2, 0.25) is 0 Å². The van der Waals surface area contributed by atoms with Gasteiger partial charge in [-0.25, -0.2) is 0 Å². The molecule has 1 radical (unpaired) electrons. The quantitative estimate of drug-likeness (QED) is 0.751. The molecule has 3 heteroatoms. The molecule has 0 fully saturated rings. The number of ether oxygens (including phenoxy) is 1. The van der Waals surface area contributed by atoms with Crippen molar-refractivity contribution in [3.8, 4) is 5.75 Å². The maximum absolute atomic E-state index is 12.3. The van der Waals surface area contributed by atoms with Crippen LogP contribution >= 0.6 is 0 Å². The van der Waals surface area contributed by atoms with E-state index in [0.29, 0.717) is 5.75 Å². The summed E-state index contributed by atoms with van der Waals surface area (Å²) in [5, 5.41) is 2.97. The Labute approximate surface area is 141 Å². The van der Waals surface area contributed by atoms with E-state index in [1.165, 1.54) is 0 Å². The molecular formula is C21H18NO2. The fourth-order valence-electron chi connectivity index (χ4n) is 2.36. The van der Waals surface area contributed by atoms with Crippen LogP contribution in [0.1, 0.15) is 11.1 Å². The Balaban J connectivity index is 1.71. The van der Waals surface area contributed by atoms with E-state index >= 15 is 0 Å². The average Bonchev–Trinajstić information content (AvgIpc) is 2.67. The first-order valence-electron chi connectivity index (χ1n) is 7.78. The van der Waals surface area contributed by atoms with Crippen molar-refractivity contribution >= 4 is 5.91 Å². The van der Waals surface area contributed by atoms with Crippen LogP contribution in [0.4, 0.5) is 0 Å². The molecule has 1 N–H and O–H groups in total. The highest BCUT2D eigenvalue weighted by molar-refractivity contribution is 5.80. The molecule has 0 spiro atoms. The van der Waals surface area contributed by atoms with Crippen LogP contribution in [0.25, 0.3) is 0 Å². The van der Waals surface area contributed by atoms with Crippen molar-refractivity contribution in [1.29, 1.82) is 0 Å². The molecule has 0 aliphatic rings. The minimum absolute atomic E-state index is 0.0345. The second-order valence-corrected chi connectivity index (χ2v) is 5.26.